The molecule has 4 heterocycles. The predicted octanol–water partition coefficient (Wildman–Crippen LogP) is 2.89. The third kappa shape index (κ3) is 8.74. The number of hydrogen-bond acceptors (Lipinski definition) is 9. The van der Waals surface area contributed by atoms with Crippen LogP contribution in [0.15, 0.2) is 65.7 Å². The molecule has 13 heteroatoms. The Morgan fingerprint density at radius 1 is 1.09 bits per heavy atom. The number of nitrogens with zero attached hydrogens (tertiary/aromatic N) is 6. The molecule has 1 aliphatic rings. The van der Waals surface area contributed by atoms with Crippen molar-refractivity contribution in [1.82, 2.24) is 40.2 Å². The predicted molar refractivity (Wildman–Crippen MR) is 165 cm³/mol. The van der Waals surface area contributed by atoms with Crippen molar-refractivity contribution in [2.45, 2.75) is 52.1 Å². The van der Waals surface area contributed by atoms with Crippen LogP contribution >= 0.6 is 0 Å². The second-order valence-electron chi connectivity index (χ2n) is 11.3. The number of aromatic nitrogens is 5. The first-order chi connectivity index (χ1) is 21.9. The molecule has 4 aromatic rings. The summed E-state index contributed by atoms with van der Waals surface area (Å²) in [6.07, 6.45) is 8.09. The number of nitrogens with one attached hydrogen (secondary N) is 2. The van der Waals surface area contributed by atoms with Gasteiger partial charge in [-0.25, -0.2) is 4.98 Å². The zero-order chi connectivity index (χ0) is 31.6. The number of pyridine rings is 1. The van der Waals surface area contributed by atoms with Gasteiger partial charge in [-0.15, -0.1) is 0 Å². The molecule has 2 bridgehead atoms. The zero-order valence-corrected chi connectivity index (χ0v) is 25.5. The van der Waals surface area contributed by atoms with Gasteiger partial charge in [0.05, 0.1) is 13.2 Å². The van der Waals surface area contributed by atoms with Crippen molar-refractivity contribution >= 4 is 17.7 Å². The first kappa shape index (κ1) is 31.4. The van der Waals surface area contributed by atoms with Crippen LogP contribution in [0.2, 0.25) is 0 Å². The normalized spacial score (nSPS) is 16.6. The standard InChI is InChI=1S/C32H38N8O5/c1-22(2)19-26-32(43)35-14-17-39-16-13-34-31(39)24-5-3-6-25(20-24)44-18-4-15-40(21-27(41)36-26)29(42)8-7-28-37-30(38-45-28)23-9-11-33-12-10-23/h3,5-6,9-13,16,20,22,26H,4,7-8,14-15,17-19,21H2,1-2H3,(H,35,43)(H,36,41)/t26-/m1/s1. The van der Waals surface area contributed by atoms with Gasteiger partial charge in [-0.3, -0.25) is 19.4 Å². The highest BCUT2D eigenvalue weighted by molar-refractivity contribution is 5.90. The van der Waals surface area contributed by atoms with Gasteiger partial charge in [0.2, 0.25) is 29.4 Å². The van der Waals surface area contributed by atoms with Crippen molar-refractivity contribution in [3.8, 4) is 28.5 Å². The van der Waals surface area contributed by atoms with E-state index in [9.17, 15) is 14.4 Å². The Kier molecular flexibility index (Phi) is 10.5. The number of carbonyl (C=O) groups is 3. The van der Waals surface area contributed by atoms with Gasteiger partial charge in [0, 0.05) is 68.4 Å². The molecule has 1 aromatic carbocycles. The van der Waals surface area contributed by atoms with Crippen LogP contribution < -0.4 is 15.4 Å². The largest absolute Gasteiger partial charge is 0.494 e. The Morgan fingerprint density at radius 3 is 2.76 bits per heavy atom. The average Bonchev–Trinajstić information content (AvgIpc) is 3.71. The molecule has 5 rings (SSSR count). The van der Waals surface area contributed by atoms with Crippen LogP contribution in [-0.2, 0) is 27.3 Å². The number of amides is 3. The van der Waals surface area contributed by atoms with E-state index in [4.69, 9.17) is 9.26 Å². The van der Waals surface area contributed by atoms with Crippen molar-refractivity contribution in [1.29, 1.82) is 0 Å². The first-order valence-corrected chi connectivity index (χ1v) is 15.2. The summed E-state index contributed by atoms with van der Waals surface area (Å²) < 4.78 is 13.3. The fourth-order valence-corrected chi connectivity index (χ4v) is 5.10. The summed E-state index contributed by atoms with van der Waals surface area (Å²) >= 11 is 0. The molecule has 3 aromatic heterocycles. The quantitative estimate of drug-likeness (QED) is 0.333. The molecule has 13 nitrogen and oxygen atoms in total. The molecular weight excluding hydrogens is 576 g/mol. The second-order valence-corrected chi connectivity index (χ2v) is 11.3. The molecule has 0 aliphatic carbocycles. The van der Waals surface area contributed by atoms with Crippen LogP contribution in [0.4, 0.5) is 0 Å². The molecule has 45 heavy (non-hydrogen) atoms. The minimum absolute atomic E-state index is 0.0662. The van der Waals surface area contributed by atoms with Gasteiger partial charge in [0.15, 0.2) is 0 Å². The maximum Gasteiger partial charge on any atom is 0.242 e. The number of hydrogen-bond donors (Lipinski definition) is 2. The molecule has 0 radical (unpaired) electrons. The summed E-state index contributed by atoms with van der Waals surface area (Å²) in [5.41, 5.74) is 1.64. The molecule has 0 spiro atoms. The lowest BCUT2D eigenvalue weighted by Crippen LogP contribution is -2.51. The van der Waals surface area contributed by atoms with Crippen molar-refractivity contribution in [3.05, 3.63) is 67.1 Å². The van der Waals surface area contributed by atoms with Crippen molar-refractivity contribution in [2.75, 3.05) is 26.2 Å². The van der Waals surface area contributed by atoms with E-state index in [-0.39, 0.29) is 43.7 Å². The van der Waals surface area contributed by atoms with Gasteiger partial charge in [-0.1, -0.05) is 31.1 Å². The first-order valence-electron chi connectivity index (χ1n) is 15.2. The zero-order valence-electron chi connectivity index (χ0n) is 25.5. The maximum absolute atomic E-state index is 13.4. The van der Waals surface area contributed by atoms with Crippen LogP contribution in [0, 0.1) is 5.92 Å². The summed E-state index contributed by atoms with van der Waals surface area (Å²) in [7, 11) is 0. The van der Waals surface area contributed by atoms with E-state index in [2.05, 4.69) is 30.7 Å². The topological polar surface area (TPSA) is 157 Å². The molecule has 2 N–H and O–H groups in total. The van der Waals surface area contributed by atoms with Crippen molar-refractivity contribution < 1.29 is 23.6 Å². The minimum atomic E-state index is -0.736. The van der Waals surface area contributed by atoms with E-state index in [0.717, 1.165) is 17.0 Å². The number of fused-ring (bicyclic) bond motifs is 4. The third-order valence-electron chi connectivity index (χ3n) is 7.31. The summed E-state index contributed by atoms with van der Waals surface area (Å²) in [4.78, 5) is 54.2. The van der Waals surface area contributed by atoms with E-state index >= 15 is 0 Å². The minimum Gasteiger partial charge on any atom is -0.494 e. The summed E-state index contributed by atoms with van der Waals surface area (Å²) in [5, 5.41) is 9.81. The molecule has 0 saturated heterocycles. The van der Waals surface area contributed by atoms with E-state index in [0.29, 0.717) is 50.0 Å². The Bertz CT molecular complexity index is 1580. The average molecular weight is 615 g/mol. The Morgan fingerprint density at radius 2 is 1.93 bits per heavy atom. The van der Waals surface area contributed by atoms with Crippen LogP contribution in [-0.4, -0.2) is 79.6 Å². The van der Waals surface area contributed by atoms with Gasteiger partial charge >= 0.3 is 0 Å². The highest BCUT2D eigenvalue weighted by Gasteiger charge is 2.25. The van der Waals surface area contributed by atoms with Gasteiger partial charge < -0.3 is 29.4 Å². The molecule has 236 valence electrons. The van der Waals surface area contributed by atoms with E-state index in [1.54, 1.807) is 30.7 Å². The lowest BCUT2D eigenvalue weighted by atomic mass is 10.0. The molecule has 0 saturated carbocycles. The lowest BCUT2D eigenvalue weighted by molar-refractivity contribution is -0.137. The monoisotopic (exact) mass is 614 g/mol. The van der Waals surface area contributed by atoms with Crippen LogP contribution in [0.5, 0.6) is 5.75 Å². The fraction of sp³-hybridized carbons (Fsp3) is 0.406. The Hall–Kier alpha value is -5.07. The third-order valence-corrected chi connectivity index (χ3v) is 7.31. The van der Waals surface area contributed by atoms with Gasteiger partial charge in [0.1, 0.15) is 17.6 Å². The van der Waals surface area contributed by atoms with Crippen LogP contribution in [0.3, 0.4) is 0 Å². The number of rotatable bonds is 6. The summed E-state index contributed by atoms with van der Waals surface area (Å²) in [6.45, 7) is 5.26. The Balaban J connectivity index is 1.30. The SMILES string of the molecule is CC(C)C[C@H]1NC(=O)CN(C(=O)CCc2nc(-c3ccncc3)no2)CCCOc2cccc(c2)-c2nccn2CCNC1=O. The van der Waals surface area contributed by atoms with E-state index < -0.39 is 11.9 Å². The molecule has 1 aliphatic heterocycles. The van der Waals surface area contributed by atoms with Gasteiger partial charge in [-0.05, 0) is 43.0 Å². The summed E-state index contributed by atoms with van der Waals surface area (Å²) in [6, 6.07) is 10.4. The molecule has 0 unspecified atom stereocenters. The van der Waals surface area contributed by atoms with Crippen molar-refractivity contribution in [3.63, 3.8) is 0 Å². The van der Waals surface area contributed by atoms with Gasteiger partial charge in [-0.2, -0.15) is 4.98 Å². The fourth-order valence-electron chi connectivity index (χ4n) is 5.10. The smallest absolute Gasteiger partial charge is 0.242 e. The lowest BCUT2D eigenvalue weighted by Gasteiger charge is -2.25. The number of benzene rings is 1. The van der Waals surface area contributed by atoms with E-state index in [1.165, 1.54) is 4.90 Å². The summed E-state index contributed by atoms with van der Waals surface area (Å²) in [5.74, 6) is 1.39. The maximum atomic E-state index is 13.4. The number of imidazole rings is 1. The number of aryl methyl sites for hydroxylation is 1. The number of carbonyl (C=O) groups excluding carboxylic acids is 3. The van der Waals surface area contributed by atoms with Crippen LogP contribution in [0.1, 0.15) is 39.0 Å². The van der Waals surface area contributed by atoms with E-state index in [1.807, 2.05) is 48.9 Å². The Labute approximate surface area is 261 Å². The van der Waals surface area contributed by atoms with Crippen LogP contribution in [0.25, 0.3) is 22.8 Å². The molecule has 1 atom stereocenters. The molecule has 3 amide bonds. The van der Waals surface area contributed by atoms with Gasteiger partial charge in [0.25, 0.3) is 0 Å². The van der Waals surface area contributed by atoms with Crippen molar-refractivity contribution in [2.24, 2.45) is 5.92 Å². The number of ether oxygens (including phenoxy) is 1. The second kappa shape index (κ2) is 15.1. The molecule has 0 fully saturated rings. The highest BCUT2D eigenvalue weighted by atomic mass is 16.5. The molecular formula is C32H38N8O5. The highest BCUT2D eigenvalue weighted by Crippen LogP contribution is 2.23.